The van der Waals surface area contributed by atoms with E-state index >= 15 is 0 Å². The van der Waals surface area contributed by atoms with Crippen LogP contribution in [0, 0.1) is 5.92 Å². The zero-order valence-corrected chi connectivity index (χ0v) is 10.1. The van der Waals surface area contributed by atoms with E-state index in [1.807, 2.05) is 30.3 Å². The first-order chi connectivity index (χ1) is 8.02. The van der Waals surface area contributed by atoms with Gasteiger partial charge in [-0.15, -0.1) is 0 Å². The van der Waals surface area contributed by atoms with Gasteiger partial charge in [0.1, 0.15) is 6.61 Å². The number of hydrogen-bond acceptors (Lipinski definition) is 4. The lowest BCUT2D eigenvalue weighted by Gasteiger charge is -2.13. The number of hydrogen-bond donors (Lipinski definition) is 1. The molecule has 2 N–H and O–H groups in total. The smallest absolute Gasteiger partial charge is 0.376 e. The van der Waals surface area contributed by atoms with Crippen LogP contribution in [0.2, 0.25) is 0 Å². The molecule has 0 fully saturated rings. The minimum absolute atomic E-state index is 0.0771. The van der Waals surface area contributed by atoms with Crippen LogP contribution in [-0.2, 0) is 20.9 Å². The van der Waals surface area contributed by atoms with Gasteiger partial charge >= 0.3 is 5.97 Å². The van der Waals surface area contributed by atoms with Gasteiger partial charge < -0.3 is 10.5 Å². The van der Waals surface area contributed by atoms with Gasteiger partial charge in [-0.3, -0.25) is 4.79 Å². The van der Waals surface area contributed by atoms with Crippen molar-refractivity contribution in [1.29, 1.82) is 0 Å². The van der Waals surface area contributed by atoms with Gasteiger partial charge in [0.05, 0.1) is 6.04 Å². The lowest BCUT2D eigenvalue weighted by molar-refractivity contribution is -0.155. The number of rotatable bonds is 5. The zero-order chi connectivity index (χ0) is 12.8. The van der Waals surface area contributed by atoms with Crippen molar-refractivity contribution in [2.45, 2.75) is 26.5 Å². The van der Waals surface area contributed by atoms with Crippen molar-refractivity contribution < 1.29 is 14.3 Å². The van der Waals surface area contributed by atoms with Crippen LogP contribution in [-0.4, -0.2) is 17.8 Å². The summed E-state index contributed by atoms with van der Waals surface area (Å²) < 4.78 is 4.89. The molecule has 1 aromatic carbocycles. The van der Waals surface area contributed by atoms with Crippen molar-refractivity contribution in [3.05, 3.63) is 35.9 Å². The summed E-state index contributed by atoms with van der Waals surface area (Å²) in [6.07, 6.45) is 0. The predicted molar refractivity (Wildman–Crippen MR) is 64.1 cm³/mol. The molecule has 4 nitrogen and oxygen atoms in total. The third-order valence-corrected chi connectivity index (χ3v) is 2.43. The molecule has 0 bridgehead atoms. The average Bonchev–Trinajstić information content (AvgIpc) is 2.35. The molecule has 17 heavy (non-hydrogen) atoms. The fourth-order valence-electron chi connectivity index (χ4n) is 1.23. The van der Waals surface area contributed by atoms with Gasteiger partial charge in [-0.25, -0.2) is 4.79 Å². The molecule has 0 amide bonds. The SMILES string of the molecule is CC(C)[C@H](N)C(=O)C(=O)OCc1ccccc1. The maximum absolute atomic E-state index is 11.5. The quantitative estimate of drug-likeness (QED) is 0.616. The Labute approximate surface area is 101 Å². The molecule has 0 aromatic heterocycles. The van der Waals surface area contributed by atoms with Gasteiger partial charge in [-0.05, 0) is 11.5 Å². The summed E-state index contributed by atoms with van der Waals surface area (Å²) in [7, 11) is 0. The highest BCUT2D eigenvalue weighted by atomic mass is 16.5. The number of ketones is 1. The lowest BCUT2D eigenvalue weighted by atomic mass is 10.0. The second kappa shape index (κ2) is 6.15. The van der Waals surface area contributed by atoms with E-state index in [2.05, 4.69) is 0 Å². The highest BCUT2D eigenvalue weighted by Gasteiger charge is 2.25. The summed E-state index contributed by atoms with van der Waals surface area (Å²) in [5.74, 6) is -1.61. The largest absolute Gasteiger partial charge is 0.455 e. The molecule has 4 heteroatoms. The third kappa shape index (κ3) is 4.00. The van der Waals surface area contributed by atoms with Crippen LogP contribution >= 0.6 is 0 Å². The normalized spacial score (nSPS) is 12.2. The van der Waals surface area contributed by atoms with Gasteiger partial charge in [0.15, 0.2) is 0 Å². The Bertz CT molecular complexity index is 387. The molecule has 1 rings (SSSR count). The second-order valence-electron chi connectivity index (χ2n) is 4.20. The van der Waals surface area contributed by atoms with Crippen LogP contribution in [0.15, 0.2) is 30.3 Å². The summed E-state index contributed by atoms with van der Waals surface area (Å²) in [6, 6.07) is 8.39. The van der Waals surface area contributed by atoms with Crippen molar-refractivity contribution in [2.75, 3.05) is 0 Å². The van der Waals surface area contributed by atoms with Crippen molar-refractivity contribution in [2.24, 2.45) is 11.7 Å². The van der Waals surface area contributed by atoms with Crippen molar-refractivity contribution >= 4 is 11.8 Å². The Balaban J connectivity index is 2.48. The standard InChI is InChI=1S/C13H17NO3/c1-9(2)11(14)12(15)13(16)17-8-10-6-4-3-5-7-10/h3-7,9,11H,8,14H2,1-2H3/t11-/m0/s1. The summed E-state index contributed by atoms with van der Waals surface area (Å²) in [6.45, 7) is 3.66. The van der Waals surface area contributed by atoms with Crippen LogP contribution in [0.25, 0.3) is 0 Å². The summed E-state index contributed by atoms with van der Waals surface area (Å²) in [5, 5.41) is 0. The van der Waals surface area contributed by atoms with Crippen molar-refractivity contribution in [1.82, 2.24) is 0 Å². The molecule has 0 aliphatic carbocycles. The first-order valence-corrected chi connectivity index (χ1v) is 5.53. The number of esters is 1. The van der Waals surface area contributed by atoms with Crippen LogP contribution in [0.1, 0.15) is 19.4 Å². The van der Waals surface area contributed by atoms with Gasteiger partial charge in [-0.1, -0.05) is 44.2 Å². The van der Waals surface area contributed by atoms with E-state index in [1.54, 1.807) is 13.8 Å². The van der Waals surface area contributed by atoms with Gasteiger partial charge in [-0.2, -0.15) is 0 Å². The number of ether oxygens (including phenoxy) is 1. The van der Waals surface area contributed by atoms with E-state index < -0.39 is 17.8 Å². The Kier molecular flexibility index (Phi) is 4.84. The fraction of sp³-hybridized carbons (Fsp3) is 0.385. The van der Waals surface area contributed by atoms with Crippen LogP contribution < -0.4 is 5.73 Å². The van der Waals surface area contributed by atoms with E-state index in [-0.39, 0.29) is 12.5 Å². The maximum Gasteiger partial charge on any atom is 0.376 e. The number of carbonyl (C=O) groups excluding carboxylic acids is 2. The summed E-state index contributed by atoms with van der Waals surface area (Å²) in [4.78, 5) is 22.9. The van der Waals surface area contributed by atoms with Gasteiger partial charge in [0.2, 0.25) is 0 Å². The molecule has 1 aromatic rings. The molecule has 1 atom stereocenters. The minimum atomic E-state index is -0.866. The molecular weight excluding hydrogens is 218 g/mol. The van der Waals surface area contributed by atoms with Gasteiger partial charge in [0, 0.05) is 0 Å². The van der Waals surface area contributed by atoms with Gasteiger partial charge in [0.25, 0.3) is 5.78 Å². The number of Topliss-reactive ketones (excluding diaryl/α,β-unsaturated/α-hetero) is 1. The topological polar surface area (TPSA) is 69.4 Å². The number of nitrogens with two attached hydrogens (primary N) is 1. The van der Waals surface area contributed by atoms with E-state index in [0.717, 1.165) is 5.56 Å². The summed E-state index contributed by atoms with van der Waals surface area (Å²) >= 11 is 0. The molecule has 92 valence electrons. The predicted octanol–water partition coefficient (Wildman–Crippen LogP) is 1.28. The Morgan fingerprint density at radius 1 is 1.24 bits per heavy atom. The lowest BCUT2D eigenvalue weighted by Crippen LogP contribution is -2.40. The molecule has 0 spiro atoms. The molecule has 0 heterocycles. The molecule has 0 aliphatic heterocycles. The number of carbonyl (C=O) groups is 2. The number of benzene rings is 1. The second-order valence-corrected chi connectivity index (χ2v) is 4.20. The van der Waals surface area contributed by atoms with Crippen LogP contribution in [0.5, 0.6) is 0 Å². The van der Waals surface area contributed by atoms with E-state index in [0.29, 0.717) is 0 Å². The van der Waals surface area contributed by atoms with E-state index in [4.69, 9.17) is 10.5 Å². The Hall–Kier alpha value is -1.68. The average molecular weight is 235 g/mol. The van der Waals surface area contributed by atoms with Crippen molar-refractivity contribution in [3.8, 4) is 0 Å². The highest BCUT2D eigenvalue weighted by molar-refractivity contribution is 6.35. The minimum Gasteiger partial charge on any atom is -0.455 e. The fourth-order valence-corrected chi connectivity index (χ4v) is 1.23. The van der Waals surface area contributed by atoms with Crippen molar-refractivity contribution in [3.63, 3.8) is 0 Å². The molecule has 0 unspecified atom stereocenters. The molecule has 0 saturated heterocycles. The molecule has 0 radical (unpaired) electrons. The van der Waals surface area contributed by atoms with E-state index in [9.17, 15) is 9.59 Å². The Morgan fingerprint density at radius 3 is 2.35 bits per heavy atom. The zero-order valence-electron chi connectivity index (χ0n) is 10.1. The molecule has 0 saturated carbocycles. The summed E-state index contributed by atoms with van der Waals surface area (Å²) in [5.41, 5.74) is 6.42. The Morgan fingerprint density at radius 2 is 1.82 bits per heavy atom. The third-order valence-electron chi connectivity index (χ3n) is 2.43. The maximum atomic E-state index is 11.5. The van der Waals surface area contributed by atoms with Crippen LogP contribution in [0.3, 0.4) is 0 Å². The van der Waals surface area contributed by atoms with Crippen LogP contribution in [0.4, 0.5) is 0 Å². The molecule has 0 aliphatic rings. The van der Waals surface area contributed by atoms with E-state index in [1.165, 1.54) is 0 Å². The monoisotopic (exact) mass is 235 g/mol. The first-order valence-electron chi connectivity index (χ1n) is 5.53. The first kappa shape index (κ1) is 13.4. The molecular formula is C13H17NO3. The highest BCUT2D eigenvalue weighted by Crippen LogP contribution is 2.04.